The third kappa shape index (κ3) is 3.61. The van der Waals surface area contributed by atoms with Crippen LogP contribution in [0, 0.1) is 0 Å². The second kappa shape index (κ2) is 9.62. The number of benzene rings is 6. The summed E-state index contributed by atoms with van der Waals surface area (Å²) in [6, 6.07) is 55.9. The summed E-state index contributed by atoms with van der Waals surface area (Å²) in [5.74, 6) is 0. The van der Waals surface area contributed by atoms with E-state index in [4.69, 9.17) is 9.97 Å². The number of aromatic nitrogens is 4. The summed E-state index contributed by atoms with van der Waals surface area (Å²) < 4.78 is 4.63. The fraction of sp³-hybridized carbons (Fsp3) is 0. The normalized spacial score (nSPS) is 11.9. The van der Waals surface area contributed by atoms with Gasteiger partial charge in [0.2, 0.25) is 0 Å². The highest BCUT2D eigenvalue weighted by Crippen LogP contribution is 2.36. The highest BCUT2D eigenvalue weighted by molar-refractivity contribution is 6.14. The largest absolute Gasteiger partial charge is 0.309 e. The van der Waals surface area contributed by atoms with Gasteiger partial charge in [0.05, 0.1) is 39.0 Å². The lowest BCUT2D eigenvalue weighted by atomic mass is 10.0. The average Bonchev–Trinajstić information content (AvgIpc) is 3.69. The first-order valence-corrected chi connectivity index (χ1v) is 15.6. The van der Waals surface area contributed by atoms with E-state index >= 15 is 0 Å². The summed E-state index contributed by atoms with van der Waals surface area (Å²) in [6.45, 7) is 0. The number of fused-ring (bicyclic) bond motifs is 11. The van der Waals surface area contributed by atoms with Crippen LogP contribution in [0.3, 0.4) is 0 Å². The van der Waals surface area contributed by atoms with E-state index in [-0.39, 0.29) is 0 Å². The van der Waals surface area contributed by atoms with Gasteiger partial charge in [0.15, 0.2) is 0 Å². The Morgan fingerprint density at radius 2 is 0.935 bits per heavy atom. The second-order valence-corrected chi connectivity index (χ2v) is 11.9. The molecule has 0 unspecified atom stereocenters. The van der Waals surface area contributed by atoms with Crippen LogP contribution in [0.5, 0.6) is 0 Å². The molecule has 0 radical (unpaired) electrons. The lowest BCUT2D eigenvalue weighted by molar-refractivity contribution is 1.18. The molecule has 0 spiro atoms. The van der Waals surface area contributed by atoms with Gasteiger partial charge in [0.25, 0.3) is 0 Å². The van der Waals surface area contributed by atoms with Gasteiger partial charge in [-0.15, -0.1) is 0 Å². The van der Waals surface area contributed by atoms with Crippen LogP contribution in [0.15, 0.2) is 158 Å². The van der Waals surface area contributed by atoms with Crippen molar-refractivity contribution in [3.8, 4) is 28.2 Å². The van der Waals surface area contributed by atoms with Crippen molar-refractivity contribution in [1.82, 2.24) is 18.9 Å². The zero-order valence-electron chi connectivity index (χ0n) is 24.8. The number of para-hydroxylation sites is 5. The zero-order chi connectivity index (χ0) is 30.2. The molecule has 10 aromatic rings. The van der Waals surface area contributed by atoms with Crippen LogP contribution in [-0.4, -0.2) is 18.9 Å². The van der Waals surface area contributed by atoms with Crippen LogP contribution in [0.2, 0.25) is 0 Å². The molecule has 46 heavy (non-hydrogen) atoms. The molecule has 0 aliphatic heterocycles. The van der Waals surface area contributed by atoms with Crippen molar-refractivity contribution >= 4 is 60.2 Å². The Bertz CT molecular complexity index is 2750. The number of pyridine rings is 2. The molecule has 0 saturated heterocycles. The van der Waals surface area contributed by atoms with Gasteiger partial charge in [-0.1, -0.05) is 91.0 Å². The minimum atomic E-state index is 0.948. The molecule has 6 aromatic carbocycles. The fourth-order valence-electron chi connectivity index (χ4n) is 7.21. The maximum absolute atomic E-state index is 5.16. The lowest BCUT2D eigenvalue weighted by Crippen LogP contribution is -1.94. The highest BCUT2D eigenvalue weighted by atomic mass is 15.0. The van der Waals surface area contributed by atoms with Gasteiger partial charge in [-0.3, -0.25) is 4.40 Å². The second-order valence-electron chi connectivity index (χ2n) is 11.9. The average molecular weight is 587 g/mol. The molecule has 10 rings (SSSR count). The Morgan fingerprint density at radius 3 is 1.65 bits per heavy atom. The number of hydrogen-bond donors (Lipinski definition) is 0. The Hall–Kier alpha value is -6.26. The Balaban J connectivity index is 1.08. The summed E-state index contributed by atoms with van der Waals surface area (Å²) in [5, 5.41) is 6.05. The first-order chi connectivity index (χ1) is 22.8. The van der Waals surface area contributed by atoms with Gasteiger partial charge < -0.3 is 4.57 Å². The van der Waals surface area contributed by atoms with Crippen LogP contribution in [-0.2, 0) is 0 Å². The summed E-state index contributed by atoms with van der Waals surface area (Å²) in [6.07, 6.45) is 0. The maximum Gasteiger partial charge on any atom is 0.146 e. The Kier molecular flexibility index (Phi) is 5.25. The molecule has 4 nitrogen and oxygen atoms in total. The number of imidazole rings is 1. The predicted molar refractivity (Wildman–Crippen MR) is 191 cm³/mol. The van der Waals surface area contributed by atoms with E-state index in [1.807, 2.05) is 6.07 Å². The van der Waals surface area contributed by atoms with Gasteiger partial charge in [-0.05, 0) is 72.1 Å². The minimum absolute atomic E-state index is 0.948. The van der Waals surface area contributed by atoms with E-state index in [2.05, 4.69) is 161 Å². The third-order valence-corrected chi connectivity index (χ3v) is 9.30. The zero-order valence-corrected chi connectivity index (χ0v) is 24.8. The maximum atomic E-state index is 5.16. The molecule has 0 bridgehead atoms. The molecule has 0 fully saturated rings. The van der Waals surface area contributed by atoms with E-state index < -0.39 is 0 Å². The molecule has 4 heterocycles. The summed E-state index contributed by atoms with van der Waals surface area (Å²) in [7, 11) is 0. The fourth-order valence-corrected chi connectivity index (χ4v) is 7.21. The SMILES string of the molecule is c1cc(-c2ccc(-n3c4ccccc4c4ccccc43)cc2)nc(-c2ccc3c(c2)c2ccccc2n2c4ccccc4nc32)c1. The van der Waals surface area contributed by atoms with Crippen molar-refractivity contribution < 1.29 is 0 Å². The number of rotatable bonds is 3. The van der Waals surface area contributed by atoms with Gasteiger partial charge in [0.1, 0.15) is 5.65 Å². The van der Waals surface area contributed by atoms with E-state index in [1.165, 1.54) is 32.6 Å². The Labute approximate surface area is 264 Å². The smallest absolute Gasteiger partial charge is 0.146 e. The molecule has 4 heteroatoms. The molecule has 4 aromatic heterocycles. The minimum Gasteiger partial charge on any atom is -0.309 e. The van der Waals surface area contributed by atoms with Crippen LogP contribution < -0.4 is 0 Å². The van der Waals surface area contributed by atoms with E-state index in [1.54, 1.807) is 0 Å². The summed E-state index contributed by atoms with van der Waals surface area (Å²) in [5.41, 5.74) is 11.9. The van der Waals surface area contributed by atoms with Crippen LogP contribution in [0.4, 0.5) is 0 Å². The molecule has 0 aliphatic rings. The number of hydrogen-bond acceptors (Lipinski definition) is 2. The van der Waals surface area contributed by atoms with E-state index in [9.17, 15) is 0 Å². The molecule has 0 aliphatic carbocycles. The first-order valence-electron chi connectivity index (χ1n) is 15.6. The summed E-state index contributed by atoms with van der Waals surface area (Å²) >= 11 is 0. The summed E-state index contributed by atoms with van der Waals surface area (Å²) in [4.78, 5) is 10.2. The van der Waals surface area contributed by atoms with Gasteiger partial charge in [-0.25, -0.2) is 9.97 Å². The topological polar surface area (TPSA) is 35.1 Å². The number of nitrogens with zero attached hydrogens (tertiary/aromatic N) is 4. The third-order valence-electron chi connectivity index (χ3n) is 9.30. The highest BCUT2D eigenvalue weighted by Gasteiger charge is 2.15. The van der Waals surface area contributed by atoms with Crippen molar-refractivity contribution in [2.24, 2.45) is 0 Å². The molecule has 0 saturated carbocycles. The molecule has 214 valence electrons. The predicted octanol–water partition coefficient (Wildman–Crippen LogP) is 10.6. The first kappa shape index (κ1) is 25.1. The van der Waals surface area contributed by atoms with Crippen molar-refractivity contribution in [2.75, 3.05) is 0 Å². The molecular formula is C42H26N4. The van der Waals surface area contributed by atoms with E-state index in [0.29, 0.717) is 0 Å². The van der Waals surface area contributed by atoms with Crippen LogP contribution in [0.1, 0.15) is 0 Å². The van der Waals surface area contributed by atoms with Gasteiger partial charge in [-0.2, -0.15) is 0 Å². The monoisotopic (exact) mass is 586 g/mol. The van der Waals surface area contributed by atoms with Crippen molar-refractivity contribution in [2.45, 2.75) is 0 Å². The quantitative estimate of drug-likeness (QED) is 0.193. The molecule has 0 atom stereocenters. The molecule has 0 amide bonds. The van der Waals surface area contributed by atoms with Crippen LogP contribution >= 0.6 is 0 Å². The van der Waals surface area contributed by atoms with Gasteiger partial charge >= 0.3 is 0 Å². The van der Waals surface area contributed by atoms with Gasteiger partial charge in [0, 0.05) is 38.4 Å². The Morgan fingerprint density at radius 1 is 0.370 bits per heavy atom. The van der Waals surface area contributed by atoms with Crippen molar-refractivity contribution in [3.63, 3.8) is 0 Å². The van der Waals surface area contributed by atoms with Crippen molar-refractivity contribution in [1.29, 1.82) is 0 Å². The molecular weight excluding hydrogens is 560 g/mol. The standard InChI is InChI=1S/C42H26N4/c1-5-16-38-30(10-1)31-11-2-6-17-39(31)45(38)29-23-20-27(21-24-29)35-14-9-15-36(43-35)28-22-25-33-34(26-28)32-12-3-7-18-40(32)46-41-19-8-4-13-37(41)44-42(33)46/h1-26H. The van der Waals surface area contributed by atoms with Crippen molar-refractivity contribution in [3.05, 3.63) is 158 Å². The van der Waals surface area contributed by atoms with Crippen LogP contribution in [0.25, 0.3) is 88.4 Å². The molecule has 0 N–H and O–H groups in total. The van der Waals surface area contributed by atoms with E-state index in [0.717, 1.165) is 55.8 Å². The lowest BCUT2D eigenvalue weighted by Gasteiger charge is -2.12.